The van der Waals surface area contributed by atoms with E-state index in [1.165, 1.54) is 5.56 Å². The summed E-state index contributed by atoms with van der Waals surface area (Å²) in [7, 11) is 0. The summed E-state index contributed by atoms with van der Waals surface area (Å²) in [4.78, 5) is 14.8. The van der Waals surface area contributed by atoms with Crippen molar-refractivity contribution in [2.24, 2.45) is 0 Å². The van der Waals surface area contributed by atoms with Crippen LogP contribution in [0, 0.1) is 6.92 Å². The first kappa shape index (κ1) is 15.2. The number of likely N-dealkylation sites (tertiary alicyclic amines) is 1. The average molecular weight is 322 g/mol. The SMILES string of the molecule is Cc1ccc2c(c1)oc(=O)n2C1CCN(Cc2ccccc2)CC1. The van der Waals surface area contributed by atoms with Crippen LogP contribution in [0.1, 0.15) is 30.0 Å². The second-order valence-electron chi connectivity index (χ2n) is 6.70. The molecule has 1 aromatic heterocycles. The lowest BCUT2D eigenvalue weighted by atomic mass is 10.0. The molecule has 0 atom stereocenters. The lowest BCUT2D eigenvalue weighted by molar-refractivity contribution is 0.177. The summed E-state index contributed by atoms with van der Waals surface area (Å²) < 4.78 is 7.31. The van der Waals surface area contributed by atoms with Crippen LogP contribution in [-0.2, 0) is 6.54 Å². The highest BCUT2D eigenvalue weighted by Crippen LogP contribution is 2.26. The maximum atomic E-state index is 12.3. The van der Waals surface area contributed by atoms with E-state index in [1.54, 1.807) is 0 Å². The van der Waals surface area contributed by atoms with Crippen LogP contribution in [0.3, 0.4) is 0 Å². The Morgan fingerprint density at radius 1 is 1.08 bits per heavy atom. The highest BCUT2D eigenvalue weighted by molar-refractivity contribution is 5.73. The van der Waals surface area contributed by atoms with Crippen molar-refractivity contribution < 1.29 is 4.42 Å². The Balaban J connectivity index is 1.50. The lowest BCUT2D eigenvalue weighted by Gasteiger charge is -2.32. The summed E-state index contributed by atoms with van der Waals surface area (Å²) in [6, 6.07) is 16.8. The van der Waals surface area contributed by atoms with E-state index in [0.717, 1.165) is 43.6 Å². The molecule has 0 aliphatic carbocycles. The van der Waals surface area contributed by atoms with Gasteiger partial charge < -0.3 is 4.42 Å². The van der Waals surface area contributed by atoms with Crippen LogP contribution in [0.15, 0.2) is 57.7 Å². The first-order chi connectivity index (χ1) is 11.7. The zero-order chi connectivity index (χ0) is 16.5. The summed E-state index contributed by atoms with van der Waals surface area (Å²) in [5.41, 5.74) is 4.08. The van der Waals surface area contributed by atoms with Crippen molar-refractivity contribution in [2.75, 3.05) is 13.1 Å². The molecule has 1 aliphatic heterocycles. The standard InChI is InChI=1S/C20H22N2O2/c1-15-7-8-18-19(13-15)24-20(23)22(18)17-9-11-21(12-10-17)14-16-5-3-2-4-6-16/h2-8,13,17H,9-12,14H2,1H3. The number of fused-ring (bicyclic) bond motifs is 1. The third-order valence-electron chi connectivity index (χ3n) is 4.94. The van der Waals surface area contributed by atoms with Crippen LogP contribution in [0.5, 0.6) is 0 Å². The molecule has 0 bridgehead atoms. The fourth-order valence-electron chi connectivity index (χ4n) is 3.67. The number of benzene rings is 2. The maximum absolute atomic E-state index is 12.3. The molecule has 4 rings (SSSR count). The van der Waals surface area contributed by atoms with Gasteiger partial charge in [-0.25, -0.2) is 4.79 Å². The van der Waals surface area contributed by atoms with Crippen LogP contribution < -0.4 is 5.76 Å². The molecule has 4 heteroatoms. The van der Waals surface area contributed by atoms with Crippen LogP contribution in [0.25, 0.3) is 11.1 Å². The molecule has 4 nitrogen and oxygen atoms in total. The van der Waals surface area contributed by atoms with Crippen molar-refractivity contribution >= 4 is 11.1 Å². The van der Waals surface area contributed by atoms with E-state index in [2.05, 4.69) is 29.2 Å². The van der Waals surface area contributed by atoms with Gasteiger partial charge in [-0.1, -0.05) is 36.4 Å². The zero-order valence-corrected chi connectivity index (χ0v) is 13.9. The molecule has 1 fully saturated rings. The molecule has 24 heavy (non-hydrogen) atoms. The Labute approximate surface area is 141 Å². The third kappa shape index (κ3) is 2.89. The molecule has 0 amide bonds. The highest BCUT2D eigenvalue weighted by Gasteiger charge is 2.24. The first-order valence-corrected chi connectivity index (χ1v) is 8.59. The zero-order valence-electron chi connectivity index (χ0n) is 13.9. The van der Waals surface area contributed by atoms with Gasteiger partial charge >= 0.3 is 5.76 Å². The molecule has 1 aliphatic rings. The van der Waals surface area contributed by atoms with Crippen molar-refractivity contribution in [1.82, 2.24) is 9.47 Å². The number of rotatable bonds is 3. The minimum Gasteiger partial charge on any atom is -0.408 e. The van der Waals surface area contributed by atoms with Gasteiger partial charge in [-0.05, 0) is 43.0 Å². The predicted octanol–water partition coefficient (Wildman–Crippen LogP) is 3.74. The lowest BCUT2D eigenvalue weighted by Crippen LogP contribution is -2.36. The Bertz CT molecular complexity index is 887. The van der Waals surface area contributed by atoms with Crippen molar-refractivity contribution in [3.05, 3.63) is 70.2 Å². The topological polar surface area (TPSA) is 38.4 Å². The molecule has 3 aromatic rings. The van der Waals surface area contributed by atoms with E-state index in [1.807, 2.05) is 35.8 Å². The number of aryl methyl sites for hydroxylation is 1. The summed E-state index contributed by atoms with van der Waals surface area (Å²) in [6.07, 6.45) is 1.96. The molecular formula is C20H22N2O2. The second kappa shape index (κ2) is 6.29. The molecule has 2 aromatic carbocycles. The molecule has 0 unspecified atom stereocenters. The quantitative estimate of drug-likeness (QED) is 0.737. The van der Waals surface area contributed by atoms with E-state index in [0.29, 0.717) is 5.58 Å². The number of nitrogens with zero attached hydrogens (tertiary/aromatic N) is 2. The molecule has 124 valence electrons. The summed E-state index contributed by atoms with van der Waals surface area (Å²) in [5, 5.41) is 0. The van der Waals surface area contributed by atoms with Gasteiger partial charge in [0.2, 0.25) is 0 Å². The molecule has 0 radical (unpaired) electrons. The van der Waals surface area contributed by atoms with Crippen molar-refractivity contribution in [2.45, 2.75) is 32.4 Å². The predicted molar refractivity (Wildman–Crippen MR) is 95.2 cm³/mol. The van der Waals surface area contributed by atoms with Crippen molar-refractivity contribution in [3.8, 4) is 0 Å². The molecule has 2 heterocycles. The molecular weight excluding hydrogens is 300 g/mol. The molecule has 0 N–H and O–H groups in total. The molecule has 0 spiro atoms. The third-order valence-corrected chi connectivity index (χ3v) is 4.94. The van der Waals surface area contributed by atoms with Gasteiger partial charge in [0, 0.05) is 25.7 Å². The number of aromatic nitrogens is 1. The second-order valence-corrected chi connectivity index (χ2v) is 6.70. The number of hydrogen-bond acceptors (Lipinski definition) is 3. The largest absolute Gasteiger partial charge is 0.420 e. The number of oxazole rings is 1. The molecule has 0 saturated carbocycles. The smallest absolute Gasteiger partial charge is 0.408 e. The van der Waals surface area contributed by atoms with Gasteiger partial charge in [0.25, 0.3) is 0 Å². The van der Waals surface area contributed by atoms with Gasteiger partial charge in [0.1, 0.15) is 0 Å². The number of piperidine rings is 1. The van der Waals surface area contributed by atoms with E-state index in [9.17, 15) is 4.79 Å². The minimum absolute atomic E-state index is 0.225. The Morgan fingerprint density at radius 3 is 2.58 bits per heavy atom. The average Bonchev–Trinajstić information content (AvgIpc) is 2.91. The summed E-state index contributed by atoms with van der Waals surface area (Å²) in [5.74, 6) is -0.225. The monoisotopic (exact) mass is 322 g/mol. The van der Waals surface area contributed by atoms with Gasteiger partial charge in [-0.15, -0.1) is 0 Å². The first-order valence-electron chi connectivity index (χ1n) is 8.59. The fourth-order valence-corrected chi connectivity index (χ4v) is 3.67. The Morgan fingerprint density at radius 2 is 1.83 bits per heavy atom. The van der Waals surface area contributed by atoms with Crippen LogP contribution in [-0.4, -0.2) is 22.6 Å². The normalized spacial score (nSPS) is 16.7. The Hall–Kier alpha value is -2.33. The summed E-state index contributed by atoms with van der Waals surface area (Å²) in [6.45, 7) is 5.00. The van der Waals surface area contributed by atoms with E-state index >= 15 is 0 Å². The fraction of sp³-hybridized carbons (Fsp3) is 0.350. The molecule has 1 saturated heterocycles. The van der Waals surface area contributed by atoms with Crippen LogP contribution in [0.4, 0.5) is 0 Å². The van der Waals surface area contributed by atoms with Gasteiger partial charge in [-0.3, -0.25) is 9.47 Å². The van der Waals surface area contributed by atoms with Gasteiger partial charge in [-0.2, -0.15) is 0 Å². The van der Waals surface area contributed by atoms with E-state index < -0.39 is 0 Å². The summed E-state index contributed by atoms with van der Waals surface area (Å²) >= 11 is 0. The Kier molecular flexibility index (Phi) is 3.98. The minimum atomic E-state index is -0.225. The van der Waals surface area contributed by atoms with Crippen LogP contribution >= 0.6 is 0 Å². The van der Waals surface area contributed by atoms with Crippen LogP contribution in [0.2, 0.25) is 0 Å². The van der Waals surface area contributed by atoms with E-state index in [-0.39, 0.29) is 11.8 Å². The maximum Gasteiger partial charge on any atom is 0.420 e. The van der Waals surface area contributed by atoms with Gasteiger partial charge in [0.15, 0.2) is 5.58 Å². The van der Waals surface area contributed by atoms with Gasteiger partial charge in [0.05, 0.1) is 5.52 Å². The van der Waals surface area contributed by atoms with Crippen molar-refractivity contribution in [1.29, 1.82) is 0 Å². The highest BCUT2D eigenvalue weighted by atomic mass is 16.4. The van der Waals surface area contributed by atoms with Crippen molar-refractivity contribution in [3.63, 3.8) is 0 Å². The number of hydrogen-bond donors (Lipinski definition) is 0. The van der Waals surface area contributed by atoms with E-state index in [4.69, 9.17) is 4.42 Å².